The molecule has 1 aromatic heterocycles. The molecular formula is C30H22BrClN4O4S. The van der Waals surface area contributed by atoms with Gasteiger partial charge in [0.25, 0.3) is 11.8 Å². The predicted molar refractivity (Wildman–Crippen MR) is 166 cm³/mol. The molecule has 1 aliphatic rings. The first-order valence-corrected chi connectivity index (χ1v) is 14.3. The molecule has 1 aliphatic heterocycles. The highest BCUT2D eigenvalue weighted by Gasteiger charge is 2.34. The van der Waals surface area contributed by atoms with E-state index in [2.05, 4.69) is 31.4 Å². The van der Waals surface area contributed by atoms with Gasteiger partial charge in [0.15, 0.2) is 11.8 Å². The van der Waals surface area contributed by atoms with Gasteiger partial charge in [-0.05, 0) is 78.0 Å². The van der Waals surface area contributed by atoms with Gasteiger partial charge in [0.1, 0.15) is 11.5 Å². The maximum absolute atomic E-state index is 13.5. The fraction of sp³-hybridized carbons (Fsp3) is 0.0667. The number of furan rings is 1. The van der Waals surface area contributed by atoms with Crippen molar-refractivity contribution in [3.05, 3.63) is 122 Å². The van der Waals surface area contributed by atoms with Crippen molar-refractivity contribution in [1.82, 2.24) is 4.90 Å². The van der Waals surface area contributed by atoms with Gasteiger partial charge < -0.3 is 14.5 Å². The molecule has 0 aliphatic carbocycles. The number of benzene rings is 3. The highest BCUT2D eigenvalue weighted by molar-refractivity contribution is 9.10. The molecule has 41 heavy (non-hydrogen) atoms. The second-order valence-corrected chi connectivity index (χ2v) is 11.0. The number of hydrogen-bond acceptors (Lipinski definition) is 7. The van der Waals surface area contributed by atoms with Crippen LogP contribution in [0.4, 0.5) is 5.69 Å². The Balaban J connectivity index is 1.34. The number of thioether (sulfide) groups is 1. The lowest BCUT2D eigenvalue weighted by atomic mass is 10.2. The van der Waals surface area contributed by atoms with Crippen LogP contribution in [0, 0.1) is 0 Å². The summed E-state index contributed by atoms with van der Waals surface area (Å²) in [6.45, 7) is -0.0179. The van der Waals surface area contributed by atoms with Crippen LogP contribution in [0.1, 0.15) is 16.9 Å². The highest BCUT2D eigenvalue weighted by Crippen LogP contribution is 2.35. The van der Waals surface area contributed by atoms with Crippen molar-refractivity contribution < 1.29 is 18.7 Å². The molecule has 0 saturated carbocycles. The summed E-state index contributed by atoms with van der Waals surface area (Å²) in [5.74, 6) is 0.483. The van der Waals surface area contributed by atoms with Crippen LogP contribution in [0.5, 0.6) is 5.75 Å². The van der Waals surface area contributed by atoms with E-state index < -0.39 is 0 Å². The Morgan fingerprint density at radius 2 is 1.90 bits per heavy atom. The number of hydrogen-bond donors (Lipinski definition) is 1. The van der Waals surface area contributed by atoms with E-state index in [0.29, 0.717) is 37.9 Å². The summed E-state index contributed by atoms with van der Waals surface area (Å²) < 4.78 is 12.2. The molecule has 1 saturated heterocycles. The topological polar surface area (TPSA) is 96.5 Å². The minimum Gasteiger partial charge on any atom is -0.483 e. The molecule has 11 heteroatoms. The molecule has 0 atom stereocenters. The van der Waals surface area contributed by atoms with Gasteiger partial charge in [0.2, 0.25) is 0 Å². The lowest BCUT2D eigenvalue weighted by Crippen LogP contribution is -2.28. The number of halogens is 2. The van der Waals surface area contributed by atoms with Crippen molar-refractivity contribution in [3.63, 3.8) is 0 Å². The zero-order valence-electron chi connectivity index (χ0n) is 21.4. The molecule has 1 fully saturated rings. The van der Waals surface area contributed by atoms with E-state index in [0.717, 1.165) is 10.0 Å². The molecule has 1 N–H and O–H groups in total. The Kier molecular flexibility index (Phi) is 9.35. The Morgan fingerprint density at radius 1 is 1.07 bits per heavy atom. The van der Waals surface area contributed by atoms with E-state index in [1.54, 1.807) is 67.1 Å². The Bertz CT molecular complexity index is 1640. The van der Waals surface area contributed by atoms with E-state index in [-0.39, 0.29) is 25.0 Å². The van der Waals surface area contributed by atoms with Crippen LogP contribution in [-0.2, 0) is 16.1 Å². The summed E-state index contributed by atoms with van der Waals surface area (Å²) in [4.78, 5) is 27.9. The molecular weight excluding hydrogens is 628 g/mol. The van der Waals surface area contributed by atoms with Gasteiger partial charge in [-0.15, -0.1) is 5.10 Å². The second-order valence-electron chi connectivity index (χ2n) is 8.65. The van der Waals surface area contributed by atoms with Crippen LogP contribution in [0.15, 0.2) is 115 Å². The molecule has 0 radical (unpaired) electrons. The Hall–Kier alpha value is -4.12. The van der Waals surface area contributed by atoms with Crippen LogP contribution >= 0.6 is 39.3 Å². The third-order valence-electron chi connectivity index (χ3n) is 5.67. The van der Waals surface area contributed by atoms with Crippen LogP contribution in [0.2, 0.25) is 5.02 Å². The first kappa shape index (κ1) is 28.4. The number of nitrogens with one attached hydrogen (secondary N) is 1. The molecule has 0 spiro atoms. The number of ether oxygens (including phenoxy) is 1. The molecule has 8 nitrogen and oxygen atoms in total. The van der Waals surface area contributed by atoms with Crippen molar-refractivity contribution in [1.29, 1.82) is 0 Å². The maximum Gasteiger partial charge on any atom is 0.267 e. The fourth-order valence-corrected chi connectivity index (χ4v) is 5.23. The average Bonchev–Trinajstić information content (AvgIpc) is 3.58. The molecule has 3 aromatic carbocycles. The second kappa shape index (κ2) is 13.5. The van der Waals surface area contributed by atoms with Gasteiger partial charge in [-0.1, -0.05) is 57.9 Å². The van der Waals surface area contributed by atoms with Gasteiger partial charge in [0.05, 0.1) is 23.9 Å². The average molecular weight is 650 g/mol. The molecule has 5 rings (SSSR count). The summed E-state index contributed by atoms with van der Waals surface area (Å²) in [6.07, 6.45) is 4.89. The number of para-hydroxylation sites is 1. The van der Waals surface area contributed by atoms with E-state index in [9.17, 15) is 9.59 Å². The molecule has 4 aromatic rings. The SMILES string of the molecule is O=C(COc1ccccc1/C=C1\S/C(=N/N=C\c2cccc(Br)c2)N(Cc2ccco2)C1=O)Nc1ccc(Cl)cc1. The molecule has 0 unspecified atom stereocenters. The van der Waals surface area contributed by atoms with E-state index in [4.69, 9.17) is 20.8 Å². The summed E-state index contributed by atoms with van der Waals surface area (Å²) in [7, 11) is 0. The van der Waals surface area contributed by atoms with Crippen molar-refractivity contribution >= 4 is 74.3 Å². The van der Waals surface area contributed by atoms with Gasteiger partial charge >= 0.3 is 0 Å². The Labute approximate surface area is 253 Å². The quantitative estimate of drug-likeness (QED) is 0.117. The number of anilines is 1. The monoisotopic (exact) mass is 648 g/mol. The van der Waals surface area contributed by atoms with Gasteiger partial charge in [-0.2, -0.15) is 5.10 Å². The number of rotatable bonds is 9. The van der Waals surface area contributed by atoms with Gasteiger partial charge in [-0.25, -0.2) is 0 Å². The molecule has 206 valence electrons. The largest absolute Gasteiger partial charge is 0.483 e. The molecule has 0 bridgehead atoms. The Morgan fingerprint density at radius 3 is 2.68 bits per heavy atom. The van der Waals surface area contributed by atoms with Crippen molar-refractivity contribution in [2.24, 2.45) is 10.2 Å². The third-order valence-corrected chi connectivity index (χ3v) is 7.42. The lowest BCUT2D eigenvalue weighted by molar-refractivity contribution is -0.122. The standard InChI is InChI=1S/C30H22BrClN4O4S/c31-22-7-3-5-20(15-22)17-33-35-30-36(18-25-8-4-14-39-25)29(38)27(41-30)16-21-6-1-2-9-26(21)40-19-28(37)34-24-12-10-23(32)11-13-24/h1-17H,18-19H2,(H,34,37)/b27-16-,33-17-,35-30+. The summed E-state index contributed by atoms with van der Waals surface area (Å²) in [5.41, 5.74) is 2.11. The van der Waals surface area contributed by atoms with Crippen molar-refractivity contribution in [2.75, 3.05) is 11.9 Å². The van der Waals surface area contributed by atoms with Gasteiger partial charge in [0, 0.05) is 20.7 Å². The zero-order valence-corrected chi connectivity index (χ0v) is 24.5. The third kappa shape index (κ3) is 7.75. The fourth-order valence-electron chi connectivity index (χ4n) is 3.76. The maximum atomic E-state index is 13.5. The van der Waals surface area contributed by atoms with Crippen LogP contribution in [0.3, 0.4) is 0 Å². The van der Waals surface area contributed by atoms with Crippen LogP contribution in [0.25, 0.3) is 6.08 Å². The zero-order chi connectivity index (χ0) is 28.6. The van der Waals surface area contributed by atoms with Crippen LogP contribution < -0.4 is 10.1 Å². The highest BCUT2D eigenvalue weighted by atomic mass is 79.9. The molecule has 2 amide bonds. The summed E-state index contributed by atoms with van der Waals surface area (Å²) in [5, 5.41) is 12.3. The molecule has 2 heterocycles. The first-order valence-electron chi connectivity index (χ1n) is 12.3. The first-order chi connectivity index (χ1) is 19.9. The predicted octanol–water partition coefficient (Wildman–Crippen LogP) is 7.22. The van der Waals surface area contributed by atoms with E-state index in [1.165, 1.54) is 16.7 Å². The van der Waals surface area contributed by atoms with Crippen LogP contribution in [-0.4, -0.2) is 34.7 Å². The smallest absolute Gasteiger partial charge is 0.267 e. The number of carbonyl (C=O) groups is 2. The lowest BCUT2D eigenvalue weighted by Gasteiger charge is -2.12. The van der Waals surface area contributed by atoms with Gasteiger partial charge in [-0.3, -0.25) is 14.5 Å². The van der Waals surface area contributed by atoms with E-state index in [1.807, 2.05) is 36.4 Å². The summed E-state index contributed by atoms with van der Waals surface area (Å²) in [6, 6.07) is 25.2. The minimum atomic E-state index is -0.330. The van der Waals surface area contributed by atoms with Crippen molar-refractivity contribution in [2.45, 2.75) is 6.54 Å². The number of nitrogens with zero attached hydrogens (tertiary/aromatic N) is 3. The minimum absolute atomic E-state index is 0.199. The number of amides is 2. The number of amidine groups is 1. The number of carbonyl (C=O) groups excluding carboxylic acids is 2. The van der Waals surface area contributed by atoms with Crippen molar-refractivity contribution in [3.8, 4) is 5.75 Å². The normalized spacial score (nSPS) is 15.3. The summed E-state index contributed by atoms with van der Waals surface area (Å²) >= 11 is 10.5. The van der Waals surface area contributed by atoms with E-state index >= 15 is 0 Å².